The highest BCUT2D eigenvalue weighted by Crippen LogP contribution is 2.28. The average molecular weight is 270 g/mol. The number of rotatable bonds is 12. The summed E-state index contributed by atoms with van der Waals surface area (Å²) in [6.07, 6.45) is 14.3. The average Bonchev–Trinajstić information content (AvgIpc) is 3.19. The van der Waals surface area contributed by atoms with Crippen LogP contribution in [-0.2, 0) is 14.3 Å². The molecule has 1 aliphatic rings. The molecule has 2 atom stereocenters. The van der Waals surface area contributed by atoms with Crippen LogP contribution in [0.3, 0.4) is 0 Å². The molecule has 0 aromatic carbocycles. The molecular weight excluding hydrogens is 240 g/mol. The van der Waals surface area contributed by atoms with Crippen molar-refractivity contribution in [3.63, 3.8) is 0 Å². The maximum absolute atomic E-state index is 11.1. The Morgan fingerprint density at radius 2 is 1.47 bits per heavy atom. The molecule has 0 amide bonds. The molecule has 3 nitrogen and oxygen atoms in total. The van der Waals surface area contributed by atoms with E-state index in [1.165, 1.54) is 71.3 Å². The first-order valence-electron chi connectivity index (χ1n) is 8.03. The van der Waals surface area contributed by atoms with Crippen molar-refractivity contribution in [2.45, 2.75) is 89.8 Å². The second kappa shape index (κ2) is 10.2. The number of esters is 1. The zero-order valence-corrected chi connectivity index (χ0v) is 12.7. The van der Waals surface area contributed by atoms with E-state index in [4.69, 9.17) is 4.74 Å². The number of methoxy groups -OCH3 is 1. The van der Waals surface area contributed by atoms with E-state index in [-0.39, 0.29) is 18.2 Å². The molecule has 1 aliphatic heterocycles. The lowest BCUT2D eigenvalue weighted by molar-refractivity contribution is -0.142. The van der Waals surface area contributed by atoms with Crippen molar-refractivity contribution in [2.75, 3.05) is 7.11 Å². The minimum Gasteiger partial charge on any atom is -0.467 e. The van der Waals surface area contributed by atoms with Gasteiger partial charge in [0.15, 0.2) is 6.10 Å². The van der Waals surface area contributed by atoms with Crippen LogP contribution in [0.2, 0.25) is 0 Å². The van der Waals surface area contributed by atoms with Gasteiger partial charge < -0.3 is 9.47 Å². The first-order valence-corrected chi connectivity index (χ1v) is 8.03. The van der Waals surface area contributed by atoms with Crippen LogP contribution >= 0.6 is 0 Å². The normalized spacial score (nSPS) is 21.4. The van der Waals surface area contributed by atoms with Crippen LogP contribution in [0.15, 0.2) is 0 Å². The highest BCUT2D eigenvalue weighted by Gasteiger charge is 2.45. The third kappa shape index (κ3) is 7.56. The first kappa shape index (κ1) is 16.5. The molecule has 0 aromatic heterocycles. The van der Waals surface area contributed by atoms with Gasteiger partial charge in [0.1, 0.15) is 0 Å². The van der Waals surface area contributed by atoms with Gasteiger partial charge in [0, 0.05) is 0 Å². The number of epoxide rings is 1. The highest BCUT2D eigenvalue weighted by atomic mass is 16.6. The second-order valence-electron chi connectivity index (χ2n) is 5.59. The molecule has 0 radical (unpaired) electrons. The van der Waals surface area contributed by atoms with Gasteiger partial charge in [0.2, 0.25) is 0 Å². The fraction of sp³-hybridized carbons (Fsp3) is 0.938. The fourth-order valence-electron chi connectivity index (χ4n) is 2.52. The van der Waals surface area contributed by atoms with Crippen molar-refractivity contribution >= 4 is 5.97 Å². The molecule has 1 fully saturated rings. The molecule has 1 heterocycles. The van der Waals surface area contributed by atoms with Crippen molar-refractivity contribution in [1.82, 2.24) is 0 Å². The van der Waals surface area contributed by atoms with Gasteiger partial charge in [0.25, 0.3) is 0 Å². The topological polar surface area (TPSA) is 38.8 Å². The van der Waals surface area contributed by atoms with Gasteiger partial charge in [-0.15, -0.1) is 0 Å². The number of carbonyl (C=O) groups is 1. The Kier molecular flexibility index (Phi) is 8.89. The molecule has 0 N–H and O–H groups in total. The smallest absolute Gasteiger partial charge is 0.337 e. The van der Waals surface area contributed by atoms with Crippen molar-refractivity contribution < 1.29 is 14.3 Å². The van der Waals surface area contributed by atoms with Crippen molar-refractivity contribution in [1.29, 1.82) is 0 Å². The van der Waals surface area contributed by atoms with Gasteiger partial charge >= 0.3 is 5.97 Å². The minimum atomic E-state index is -0.261. The van der Waals surface area contributed by atoms with Crippen LogP contribution in [0.5, 0.6) is 0 Å². The zero-order valence-electron chi connectivity index (χ0n) is 12.7. The van der Waals surface area contributed by atoms with E-state index in [1.54, 1.807) is 0 Å². The van der Waals surface area contributed by atoms with E-state index in [9.17, 15) is 4.79 Å². The summed E-state index contributed by atoms with van der Waals surface area (Å²) in [5.74, 6) is -0.211. The lowest BCUT2D eigenvalue weighted by Crippen LogP contribution is -2.11. The summed E-state index contributed by atoms with van der Waals surface area (Å²) >= 11 is 0. The van der Waals surface area contributed by atoms with Crippen LogP contribution in [0.1, 0.15) is 77.6 Å². The second-order valence-corrected chi connectivity index (χ2v) is 5.59. The van der Waals surface area contributed by atoms with E-state index in [2.05, 4.69) is 11.7 Å². The van der Waals surface area contributed by atoms with E-state index < -0.39 is 0 Å². The molecule has 1 rings (SSSR count). The molecule has 0 aliphatic carbocycles. The van der Waals surface area contributed by atoms with E-state index in [0.29, 0.717) is 0 Å². The van der Waals surface area contributed by atoms with Gasteiger partial charge in [-0.05, 0) is 6.42 Å². The summed E-state index contributed by atoms with van der Waals surface area (Å²) in [6.45, 7) is 2.26. The Bertz CT molecular complexity index is 240. The Morgan fingerprint density at radius 1 is 0.947 bits per heavy atom. The molecule has 112 valence electrons. The Hall–Kier alpha value is -0.570. The fourth-order valence-corrected chi connectivity index (χ4v) is 2.52. The van der Waals surface area contributed by atoms with Gasteiger partial charge in [-0.25, -0.2) is 4.79 Å². The summed E-state index contributed by atoms with van der Waals surface area (Å²) in [6, 6.07) is 0. The van der Waals surface area contributed by atoms with Crippen molar-refractivity contribution in [2.24, 2.45) is 0 Å². The SMILES string of the molecule is CCCCCCCCCCCCC1OC1C(=O)OC. The molecule has 0 spiro atoms. The van der Waals surface area contributed by atoms with E-state index in [1.807, 2.05) is 0 Å². The summed E-state index contributed by atoms with van der Waals surface area (Å²) in [4.78, 5) is 11.1. The number of unbranched alkanes of at least 4 members (excludes halogenated alkanes) is 9. The summed E-state index contributed by atoms with van der Waals surface area (Å²) < 4.78 is 9.92. The molecule has 0 aromatic rings. The van der Waals surface area contributed by atoms with E-state index >= 15 is 0 Å². The van der Waals surface area contributed by atoms with Crippen molar-refractivity contribution in [3.05, 3.63) is 0 Å². The zero-order chi connectivity index (χ0) is 13.9. The Balaban J connectivity index is 1.76. The van der Waals surface area contributed by atoms with Crippen LogP contribution in [-0.4, -0.2) is 25.3 Å². The third-order valence-corrected chi connectivity index (χ3v) is 3.86. The molecule has 0 saturated carbocycles. The predicted molar refractivity (Wildman–Crippen MR) is 77.1 cm³/mol. The molecular formula is C16H30O3. The van der Waals surface area contributed by atoms with Gasteiger partial charge in [0.05, 0.1) is 13.2 Å². The van der Waals surface area contributed by atoms with Gasteiger partial charge in [-0.2, -0.15) is 0 Å². The highest BCUT2D eigenvalue weighted by molar-refractivity contribution is 5.77. The van der Waals surface area contributed by atoms with Gasteiger partial charge in [-0.3, -0.25) is 0 Å². The van der Waals surface area contributed by atoms with Gasteiger partial charge in [-0.1, -0.05) is 71.1 Å². The standard InChI is InChI=1S/C16H30O3/c1-3-4-5-6-7-8-9-10-11-12-13-14-15(19-14)16(17)18-2/h14-15H,3-13H2,1-2H3. The summed E-state index contributed by atoms with van der Waals surface area (Å²) in [5.41, 5.74) is 0. The number of hydrogen-bond donors (Lipinski definition) is 0. The molecule has 19 heavy (non-hydrogen) atoms. The maximum Gasteiger partial charge on any atom is 0.337 e. The molecule has 2 unspecified atom stereocenters. The van der Waals surface area contributed by atoms with Crippen LogP contribution in [0.25, 0.3) is 0 Å². The lowest BCUT2D eigenvalue weighted by atomic mass is 10.0. The van der Waals surface area contributed by atoms with Crippen LogP contribution in [0, 0.1) is 0 Å². The van der Waals surface area contributed by atoms with Crippen LogP contribution in [0.4, 0.5) is 0 Å². The predicted octanol–water partition coefficient (Wildman–Crippen LogP) is 4.24. The van der Waals surface area contributed by atoms with Crippen molar-refractivity contribution in [3.8, 4) is 0 Å². The molecule has 0 bridgehead atoms. The number of carbonyl (C=O) groups excluding carboxylic acids is 1. The quantitative estimate of drug-likeness (QED) is 0.302. The maximum atomic E-state index is 11.1. The Labute approximate surface area is 118 Å². The molecule has 1 saturated heterocycles. The summed E-state index contributed by atoms with van der Waals surface area (Å²) in [5, 5.41) is 0. The lowest BCUT2D eigenvalue weighted by Gasteiger charge is -2.01. The van der Waals surface area contributed by atoms with Crippen LogP contribution < -0.4 is 0 Å². The summed E-state index contributed by atoms with van der Waals surface area (Å²) in [7, 11) is 1.42. The third-order valence-electron chi connectivity index (χ3n) is 3.86. The number of hydrogen-bond acceptors (Lipinski definition) is 3. The first-order chi connectivity index (χ1) is 9.29. The Morgan fingerprint density at radius 3 is 2.00 bits per heavy atom. The largest absolute Gasteiger partial charge is 0.467 e. The molecule has 3 heteroatoms. The number of ether oxygens (including phenoxy) is 2. The van der Waals surface area contributed by atoms with E-state index in [0.717, 1.165) is 6.42 Å². The minimum absolute atomic E-state index is 0.140. The monoisotopic (exact) mass is 270 g/mol.